The highest BCUT2D eigenvalue weighted by atomic mass is 32.1. The molecule has 1 N–H and O–H groups in total. The monoisotopic (exact) mass is 246 g/mol. The van der Waals surface area contributed by atoms with Gasteiger partial charge in [-0.3, -0.25) is 10.1 Å². The Morgan fingerprint density at radius 1 is 1.29 bits per heavy atom. The SMILES string of the molecule is O=C(Nc1nccs1)c1cnc(C2CC2)nc1. The van der Waals surface area contributed by atoms with Gasteiger partial charge in [0.05, 0.1) is 5.56 Å². The number of aromatic nitrogens is 3. The molecule has 0 aromatic carbocycles. The number of carbonyl (C=O) groups is 1. The van der Waals surface area contributed by atoms with Crippen molar-refractivity contribution in [1.29, 1.82) is 0 Å². The molecule has 1 amide bonds. The molecule has 0 bridgehead atoms. The Morgan fingerprint density at radius 2 is 2.06 bits per heavy atom. The summed E-state index contributed by atoms with van der Waals surface area (Å²) in [5, 5.41) is 5.08. The lowest BCUT2D eigenvalue weighted by atomic mass is 10.3. The summed E-state index contributed by atoms with van der Waals surface area (Å²) in [6, 6.07) is 0. The summed E-state index contributed by atoms with van der Waals surface area (Å²) < 4.78 is 0. The number of hydrogen-bond acceptors (Lipinski definition) is 5. The number of nitrogens with one attached hydrogen (secondary N) is 1. The van der Waals surface area contributed by atoms with Crippen molar-refractivity contribution in [3.05, 3.63) is 35.4 Å². The van der Waals surface area contributed by atoms with E-state index in [9.17, 15) is 4.79 Å². The molecule has 6 heteroatoms. The van der Waals surface area contributed by atoms with Crippen molar-refractivity contribution in [2.45, 2.75) is 18.8 Å². The first kappa shape index (κ1) is 10.3. The van der Waals surface area contributed by atoms with Gasteiger partial charge in [-0.15, -0.1) is 11.3 Å². The fourth-order valence-electron chi connectivity index (χ4n) is 1.46. The van der Waals surface area contributed by atoms with Crippen molar-refractivity contribution in [3.8, 4) is 0 Å². The fourth-order valence-corrected chi connectivity index (χ4v) is 1.99. The molecular weight excluding hydrogens is 236 g/mol. The highest BCUT2D eigenvalue weighted by Crippen LogP contribution is 2.37. The van der Waals surface area contributed by atoms with Crippen molar-refractivity contribution >= 4 is 22.4 Å². The van der Waals surface area contributed by atoms with Gasteiger partial charge in [-0.25, -0.2) is 15.0 Å². The summed E-state index contributed by atoms with van der Waals surface area (Å²) in [5.41, 5.74) is 0.463. The van der Waals surface area contributed by atoms with Crippen molar-refractivity contribution in [3.63, 3.8) is 0 Å². The third-order valence-electron chi connectivity index (χ3n) is 2.53. The van der Waals surface area contributed by atoms with Gasteiger partial charge in [0.15, 0.2) is 5.13 Å². The van der Waals surface area contributed by atoms with Gasteiger partial charge in [0.1, 0.15) is 5.82 Å². The highest BCUT2D eigenvalue weighted by Gasteiger charge is 2.26. The first-order chi connectivity index (χ1) is 8.33. The van der Waals surface area contributed by atoms with Crippen molar-refractivity contribution < 1.29 is 4.79 Å². The van der Waals surface area contributed by atoms with Crippen LogP contribution in [0.15, 0.2) is 24.0 Å². The molecule has 2 aromatic rings. The number of carbonyl (C=O) groups excluding carboxylic acids is 1. The Balaban J connectivity index is 1.72. The van der Waals surface area contributed by atoms with E-state index < -0.39 is 0 Å². The number of thiazole rings is 1. The van der Waals surface area contributed by atoms with E-state index in [2.05, 4.69) is 20.3 Å². The molecule has 2 heterocycles. The van der Waals surface area contributed by atoms with Crippen LogP contribution in [-0.2, 0) is 0 Å². The lowest BCUT2D eigenvalue weighted by Gasteiger charge is -2.01. The predicted octanol–water partition coefficient (Wildman–Crippen LogP) is 2.06. The molecule has 5 nitrogen and oxygen atoms in total. The molecule has 0 atom stereocenters. The summed E-state index contributed by atoms with van der Waals surface area (Å²) in [6.07, 6.45) is 7.11. The topological polar surface area (TPSA) is 67.8 Å². The number of rotatable bonds is 3. The van der Waals surface area contributed by atoms with Crippen molar-refractivity contribution in [1.82, 2.24) is 15.0 Å². The lowest BCUT2D eigenvalue weighted by molar-refractivity contribution is 0.102. The Morgan fingerprint density at radius 3 is 2.65 bits per heavy atom. The average molecular weight is 246 g/mol. The second-order valence-electron chi connectivity index (χ2n) is 3.90. The first-order valence-electron chi connectivity index (χ1n) is 5.36. The van der Waals surface area contributed by atoms with Crippen molar-refractivity contribution in [2.75, 3.05) is 5.32 Å². The minimum atomic E-state index is -0.220. The van der Waals surface area contributed by atoms with E-state index in [1.807, 2.05) is 5.38 Å². The number of anilines is 1. The van der Waals surface area contributed by atoms with Gasteiger partial charge in [-0.2, -0.15) is 0 Å². The third kappa shape index (κ3) is 2.31. The van der Waals surface area contributed by atoms with Gasteiger partial charge in [0, 0.05) is 29.9 Å². The summed E-state index contributed by atoms with van der Waals surface area (Å²) in [6.45, 7) is 0. The number of hydrogen-bond donors (Lipinski definition) is 1. The second-order valence-corrected chi connectivity index (χ2v) is 4.79. The summed E-state index contributed by atoms with van der Waals surface area (Å²) in [7, 11) is 0. The molecule has 1 fully saturated rings. The van der Waals surface area contributed by atoms with E-state index in [-0.39, 0.29) is 5.91 Å². The van der Waals surface area contributed by atoms with Crippen molar-refractivity contribution in [2.24, 2.45) is 0 Å². The third-order valence-corrected chi connectivity index (χ3v) is 3.22. The zero-order valence-electron chi connectivity index (χ0n) is 8.96. The van der Waals surface area contributed by atoms with Crippen LogP contribution in [0.1, 0.15) is 34.9 Å². The molecule has 86 valence electrons. The largest absolute Gasteiger partial charge is 0.298 e. The molecule has 0 saturated heterocycles. The normalized spacial score (nSPS) is 14.6. The fraction of sp³-hybridized carbons (Fsp3) is 0.273. The van der Waals surface area contributed by atoms with Crippen LogP contribution >= 0.6 is 11.3 Å². The van der Waals surface area contributed by atoms with Gasteiger partial charge >= 0.3 is 0 Å². The van der Waals surface area contributed by atoms with Crippen LogP contribution in [0.3, 0.4) is 0 Å². The number of amides is 1. The first-order valence-corrected chi connectivity index (χ1v) is 6.23. The molecule has 1 aliphatic carbocycles. The zero-order chi connectivity index (χ0) is 11.7. The Hall–Kier alpha value is -1.82. The molecule has 1 saturated carbocycles. The van der Waals surface area contributed by atoms with Gasteiger partial charge in [0.2, 0.25) is 0 Å². The standard InChI is InChI=1S/C11H10N4OS/c16-10(15-11-12-3-4-17-11)8-5-13-9(14-6-8)7-1-2-7/h3-7H,1-2H2,(H,12,15,16). The molecule has 0 radical (unpaired) electrons. The van der Waals surface area contributed by atoms with E-state index >= 15 is 0 Å². The van der Waals surface area contributed by atoms with Crippen LogP contribution < -0.4 is 5.32 Å². The average Bonchev–Trinajstić information content (AvgIpc) is 3.09. The maximum Gasteiger partial charge on any atom is 0.260 e. The lowest BCUT2D eigenvalue weighted by Crippen LogP contribution is -2.12. The molecule has 0 aliphatic heterocycles. The van der Waals surface area contributed by atoms with Crippen LogP contribution in [0.4, 0.5) is 5.13 Å². The molecule has 17 heavy (non-hydrogen) atoms. The Labute approximate surface area is 102 Å². The Kier molecular flexibility index (Phi) is 2.56. The summed E-state index contributed by atoms with van der Waals surface area (Å²) in [4.78, 5) is 24.2. The van der Waals surface area contributed by atoms with Gasteiger partial charge in [-0.05, 0) is 12.8 Å². The molecule has 1 aliphatic rings. The Bertz CT molecular complexity index is 519. The van der Waals surface area contributed by atoms with Gasteiger partial charge in [0.25, 0.3) is 5.91 Å². The maximum absolute atomic E-state index is 11.8. The highest BCUT2D eigenvalue weighted by molar-refractivity contribution is 7.13. The minimum absolute atomic E-state index is 0.220. The molecule has 3 rings (SSSR count). The summed E-state index contributed by atoms with van der Waals surface area (Å²) >= 11 is 1.38. The molecule has 2 aromatic heterocycles. The zero-order valence-corrected chi connectivity index (χ0v) is 9.78. The molecular formula is C11H10N4OS. The predicted molar refractivity (Wildman–Crippen MR) is 64.1 cm³/mol. The van der Waals surface area contributed by atoms with Gasteiger partial charge in [-0.1, -0.05) is 0 Å². The van der Waals surface area contributed by atoms with E-state index in [1.165, 1.54) is 11.3 Å². The van der Waals surface area contributed by atoms with E-state index in [0.717, 1.165) is 18.7 Å². The van der Waals surface area contributed by atoms with E-state index in [0.29, 0.717) is 16.6 Å². The van der Waals surface area contributed by atoms with Crippen LogP contribution in [0.25, 0.3) is 0 Å². The molecule has 0 unspecified atom stereocenters. The van der Waals surface area contributed by atoms with Crippen LogP contribution in [-0.4, -0.2) is 20.9 Å². The van der Waals surface area contributed by atoms with E-state index in [4.69, 9.17) is 0 Å². The van der Waals surface area contributed by atoms with E-state index in [1.54, 1.807) is 18.6 Å². The van der Waals surface area contributed by atoms with Crippen LogP contribution in [0.5, 0.6) is 0 Å². The van der Waals surface area contributed by atoms with Gasteiger partial charge < -0.3 is 0 Å². The van der Waals surface area contributed by atoms with Crippen LogP contribution in [0, 0.1) is 0 Å². The van der Waals surface area contributed by atoms with Crippen LogP contribution in [0.2, 0.25) is 0 Å². The second kappa shape index (κ2) is 4.21. The summed E-state index contributed by atoms with van der Waals surface area (Å²) in [5.74, 6) is 1.13. The number of nitrogens with zero attached hydrogens (tertiary/aromatic N) is 3. The maximum atomic E-state index is 11.8. The minimum Gasteiger partial charge on any atom is -0.298 e. The molecule has 0 spiro atoms. The smallest absolute Gasteiger partial charge is 0.260 e. The quantitative estimate of drug-likeness (QED) is 0.900.